The Balaban J connectivity index is 1.51. The van der Waals surface area contributed by atoms with Gasteiger partial charge in [-0.1, -0.05) is 39.3 Å². The minimum atomic E-state index is 0.0281. The molecule has 1 N–H and O–H groups in total. The summed E-state index contributed by atoms with van der Waals surface area (Å²) in [6, 6.07) is 7.52. The van der Waals surface area contributed by atoms with E-state index >= 15 is 0 Å². The molecule has 2 aromatic rings. The monoisotopic (exact) mass is 488 g/mol. The number of carbonyl (C=O) groups is 1. The fraction of sp³-hybridized carbons (Fsp3) is 0.630. The summed E-state index contributed by atoms with van der Waals surface area (Å²) in [6.45, 7) is 17.1. The standard InChI is InChI=1S/C27H41ClN4O2/c1-19(2)15-32(16-20(3)4)14-12-29-26(33)23-7-6-13-31(17-23)18-25-21(5)34-27(30-25)22-8-10-24(28)11-9-22/h8-11,19-20,23H,6-7,12-18H2,1-5H3,(H,29,33). The maximum Gasteiger partial charge on any atom is 0.226 e. The smallest absolute Gasteiger partial charge is 0.226 e. The van der Waals surface area contributed by atoms with Crippen molar-refractivity contribution in [3.8, 4) is 11.5 Å². The number of carbonyl (C=O) groups excluding carboxylic acids is 1. The van der Waals surface area contributed by atoms with Crippen LogP contribution in [0.4, 0.5) is 0 Å². The predicted octanol–water partition coefficient (Wildman–Crippen LogP) is 5.25. The number of amides is 1. The molecular formula is C27H41ClN4O2. The largest absolute Gasteiger partial charge is 0.441 e. The zero-order valence-electron chi connectivity index (χ0n) is 21.4. The van der Waals surface area contributed by atoms with Crippen LogP contribution in [0.25, 0.3) is 11.5 Å². The molecule has 0 spiro atoms. The minimum Gasteiger partial charge on any atom is -0.441 e. The van der Waals surface area contributed by atoms with E-state index in [4.69, 9.17) is 21.0 Å². The summed E-state index contributed by atoms with van der Waals surface area (Å²) in [7, 11) is 0. The second kappa shape index (κ2) is 12.7. The number of nitrogens with zero attached hydrogens (tertiary/aromatic N) is 3. The summed E-state index contributed by atoms with van der Waals surface area (Å²) in [5, 5.41) is 3.90. The highest BCUT2D eigenvalue weighted by molar-refractivity contribution is 6.30. The van der Waals surface area contributed by atoms with Gasteiger partial charge in [-0.15, -0.1) is 0 Å². The number of hydrogen-bond donors (Lipinski definition) is 1. The first-order chi connectivity index (χ1) is 16.2. The van der Waals surface area contributed by atoms with Gasteiger partial charge in [0.15, 0.2) is 0 Å². The highest BCUT2D eigenvalue weighted by atomic mass is 35.5. The number of halogens is 1. The fourth-order valence-electron chi connectivity index (χ4n) is 4.69. The topological polar surface area (TPSA) is 61.6 Å². The first-order valence-corrected chi connectivity index (χ1v) is 13.0. The van der Waals surface area contributed by atoms with Crippen molar-refractivity contribution < 1.29 is 9.21 Å². The molecule has 34 heavy (non-hydrogen) atoms. The van der Waals surface area contributed by atoms with Crippen molar-refractivity contribution in [3.05, 3.63) is 40.7 Å². The van der Waals surface area contributed by atoms with Crippen molar-refractivity contribution in [2.45, 2.75) is 54.0 Å². The molecule has 188 valence electrons. The first kappa shape index (κ1) is 26.7. The third kappa shape index (κ3) is 8.10. The molecule has 1 aromatic heterocycles. The molecule has 1 atom stereocenters. The number of oxazole rings is 1. The van der Waals surface area contributed by atoms with Gasteiger partial charge in [0.05, 0.1) is 11.6 Å². The third-order valence-corrected chi connectivity index (χ3v) is 6.46. The van der Waals surface area contributed by atoms with Crippen LogP contribution < -0.4 is 5.32 Å². The first-order valence-electron chi connectivity index (χ1n) is 12.7. The van der Waals surface area contributed by atoms with E-state index in [2.05, 4.69) is 42.8 Å². The van der Waals surface area contributed by atoms with E-state index in [1.807, 2.05) is 31.2 Å². The second-order valence-corrected chi connectivity index (χ2v) is 10.9. The SMILES string of the molecule is Cc1oc(-c2ccc(Cl)cc2)nc1CN1CCCC(C(=O)NCCN(CC(C)C)CC(C)C)C1. The minimum absolute atomic E-state index is 0.0281. The molecule has 6 nitrogen and oxygen atoms in total. The van der Waals surface area contributed by atoms with Crippen LogP contribution in [0.2, 0.25) is 5.02 Å². The maximum absolute atomic E-state index is 12.9. The molecule has 0 saturated carbocycles. The number of benzene rings is 1. The van der Waals surface area contributed by atoms with Crippen LogP contribution in [0.1, 0.15) is 52.0 Å². The number of nitrogens with one attached hydrogen (secondary N) is 1. The van der Waals surface area contributed by atoms with Gasteiger partial charge in [-0.2, -0.15) is 0 Å². The Morgan fingerprint density at radius 1 is 1.21 bits per heavy atom. The van der Waals surface area contributed by atoms with Gasteiger partial charge in [0.1, 0.15) is 5.76 Å². The molecule has 3 rings (SSSR count). The highest BCUT2D eigenvalue weighted by Gasteiger charge is 2.27. The maximum atomic E-state index is 12.9. The number of rotatable bonds is 11. The molecule has 0 radical (unpaired) electrons. The van der Waals surface area contributed by atoms with Crippen molar-refractivity contribution in [1.82, 2.24) is 20.1 Å². The Morgan fingerprint density at radius 3 is 2.53 bits per heavy atom. The number of aromatic nitrogens is 1. The van der Waals surface area contributed by atoms with Gasteiger partial charge in [-0.25, -0.2) is 4.98 Å². The number of likely N-dealkylation sites (tertiary alicyclic amines) is 1. The number of piperidine rings is 1. The zero-order chi connectivity index (χ0) is 24.7. The number of hydrogen-bond acceptors (Lipinski definition) is 5. The molecule has 0 bridgehead atoms. The summed E-state index contributed by atoms with van der Waals surface area (Å²) in [5.74, 6) is 2.90. The van der Waals surface area contributed by atoms with Crippen molar-refractivity contribution in [1.29, 1.82) is 0 Å². The molecule has 0 aliphatic carbocycles. The summed E-state index contributed by atoms with van der Waals surface area (Å²) >= 11 is 6.00. The van der Waals surface area contributed by atoms with Gasteiger partial charge in [-0.3, -0.25) is 9.69 Å². The lowest BCUT2D eigenvalue weighted by Crippen LogP contribution is -2.45. The summed E-state index contributed by atoms with van der Waals surface area (Å²) in [6.07, 6.45) is 1.96. The summed E-state index contributed by atoms with van der Waals surface area (Å²) < 4.78 is 5.92. The molecule has 1 unspecified atom stereocenters. The van der Waals surface area contributed by atoms with E-state index < -0.39 is 0 Å². The van der Waals surface area contributed by atoms with Gasteiger partial charge in [-0.05, 0) is 62.4 Å². The number of aryl methyl sites for hydroxylation is 1. The molecule has 1 fully saturated rings. The average molecular weight is 489 g/mol. The van der Waals surface area contributed by atoms with Gasteiger partial charge in [0.25, 0.3) is 0 Å². The fourth-order valence-corrected chi connectivity index (χ4v) is 4.81. The van der Waals surface area contributed by atoms with Crippen LogP contribution in [-0.4, -0.2) is 60.0 Å². The molecule has 1 saturated heterocycles. The molecule has 1 aromatic carbocycles. The van der Waals surface area contributed by atoms with Crippen LogP contribution in [-0.2, 0) is 11.3 Å². The van der Waals surface area contributed by atoms with Gasteiger partial charge in [0, 0.05) is 49.9 Å². The third-order valence-electron chi connectivity index (χ3n) is 6.21. The second-order valence-electron chi connectivity index (χ2n) is 10.4. The summed E-state index contributed by atoms with van der Waals surface area (Å²) in [4.78, 5) is 22.4. The van der Waals surface area contributed by atoms with Gasteiger partial charge >= 0.3 is 0 Å². The molecule has 7 heteroatoms. The normalized spacial score (nSPS) is 17.1. The lowest BCUT2D eigenvalue weighted by molar-refractivity contribution is -0.126. The zero-order valence-corrected chi connectivity index (χ0v) is 22.2. The quantitative estimate of drug-likeness (QED) is 0.468. The molecule has 1 aliphatic heterocycles. The highest BCUT2D eigenvalue weighted by Crippen LogP contribution is 2.25. The lowest BCUT2D eigenvalue weighted by Gasteiger charge is -2.32. The lowest BCUT2D eigenvalue weighted by atomic mass is 9.97. The van der Waals surface area contributed by atoms with Crippen LogP contribution in [0.5, 0.6) is 0 Å². The van der Waals surface area contributed by atoms with Crippen LogP contribution in [0.15, 0.2) is 28.7 Å². The Morgan fingerprint density at radius 2 is 1.88 bits per heavy atom. The van der Waals surface area contributed by atoms with Gasteiger partial charge < -0.3 is 14.6 Å². The molecule has 1 aliphatic rings. The van der Waals surface area contributed by atoms with Crippen molar-refractivity contribution in [3.63, 3.8) is 0 Å². The van der Waals surface area contributed by atoms with E-state index in [0.29, 0.717) is 35.8 Å². The van der Waals surface area contributed by atoms with E-state index in [1.165, 1.54) is 0 Å². The van der Waals surface area contributed by atoms with Crippen molar-refractivity contribution >= 4 is 17.5 Å². The predicted molar refractivity (Wildman–Crippen MR) is 139 cm³/mol. The molecule has 2 heterocycles. The van der Waals surface area contributed by atoms with E-state index in [-0.39, 0.29) is 11.8 Å². The van der Waals surface area contributed by atoms with Crippen molar-refractivity contribution in [2.24, 2.45) is 17.8 Å². The van der Waals surface area contributed by atoms with E-state index in [9.17, 15) is 4.79 Å². The molecule has 1 amide bonds. The average Bonchev–Trinajstić information content (AvgIpc) is 3.13. The van der Waals surface area contributed by atoms with E-state index in [1.54, 1.807) is 0 Å². The Hall–Kier alpha value is -1.89. The van der Waals surface area contributed by atoms with E-state index in [0.717, 1.165) is 62.6 Å². The van der Waals surface area contributed by atoms with Crippen molar-refractivity contribution in [2.75, 3.05) is 39.3 Å². The van der Waals surface area contributed by atoms with Crippen LogP contribution in [0.3, 0.4) is 0 Å². The molecular weight excluding hydrogens is 448 g/mol. The van der Waals surface area contributed by atoms with Crippen LogP contribution in [0, 0.1) is 24.7 Å². The summed E-state index contributed by atoms with van der Waals surface area (Å²) in [5.41, 5.74) is 1.85. The Bertz CT molecular complexity index is 900. The van der Waals surface area contributed by atoms with Crippen LogP contribution >= 0.6 is 11.6 Å². The Kier molecular flexibility index (Phi) is 9.98. The Labute approximate surface area is 210 Å². The van der Waals surface area contributed by atoms with Gasteiger partial charge in [0.2, 0.25) is 11.8 Å².